The maximum absolute atomic E-state index is 9.92. The first-order valence-electron chi connectivity index (χ1n) is 7.50. The highest BCUT2D eigenvalue weighted by Gasteiger charge is 2.25. The van der Waals surface area contributed by atoms with Gasteiger partial charge in [0.15, 0.2) is 5.82 Å². The quantitative estimate of drug-likeness (QED) is 0.886. The summed E-state index contributed by atoms with van der Waals surface area (Å²) in [6.45, 7) is 2.25. The van der Waals surface area contributed by atoms with E-state index < -0.39 is 0 Å². The van der Waals surface area contributed by atoms with Crippen molar-refractivity contribution in [3.63, 3.8) is 0 Å². The first-order valence-corrected chi connectivity index (χ1v) is 7.87. The van der Waals surface area contributed by atoms with E-state index >= 15 is 0 Å². The molecule has 1 fully saturated rings. The molecule has 0 radical (unpaired) electrons. The number of aromatic nitrogens is 2. The van der Waals surface area contributed by atoms with Crippen LogP contribution in [0.1, 0.15) is 50.8 Å². The molecule has 21 heavy (non-hydrogen) atoms. The molecule has 5 heteroatoms. The molecule has 1 N–H and O–H groups in total. The summed E-state index contributed by atoms with van der Waals surface area (Å²) in [5.41, 5.74) is 0.528. The van der Waals surface area contributed by atoms with Crippen LogP contribution in [0.25, 0.3) is 11.5 Å². The monoisotopic (exact) mass is 306 g/mol. The van der Waals surface area contributed by atoms with E-state index in [0.29, 0.717) is 22.4 Å². The van der Waals surface area contributed by atoms with Gasteiger partial charge in [0.2, 0.25) is 0 Å². The smallest absolute Gasteiger partial charge is 0.261 e. The fourth-order valence-corrected chi connectivity index (χ4v) is 3.19. The maximum Gasteiger partial charge on any atom is 0.261 e. The third kappa shape index (κ3) is 3.05. The predicted octanol–water partition coefficient (Wildman–Crippen LogP) is 4.78. The fraction of sp³-hybridized carbons (Fsp3) is 0.500. The number of nitrogens with zero attached hydrogens (tertiary/aromatic N) is 2. The zero-order valence-corrected chi connectivity index (χ0v) is 12.8. The van der Waals surface area contributed by atoms with Gasteiger partial charge >= 0.3 is 0 Å². The molecule has 1 aromatic carbocycles. The number of hydrogen-bond acceptors (Lipinski definition) is 4. The molecule has 0 aliphatic heterocycles. The zero-order chi connectivity index (χ0) is 14.8. The minimum Gasteiger partial charge on any atom is -0.507 e. The largest absolute Gasteiger partial charge is 0.507 e. The van der Waals surface area contributed by atoms with Gasteiger partial charge in [-0.1, -0.05) is 30.1 Å². The lowest BCUT2D eigenvalue weighted by atomic mass is 9.80. The van der Waals surface area contributed by atoms with Gasteiger partial charge in [0.25, 0.3) is 5.89 Å². The summed E-state index contributed by atoms with van der Waals surface area (Å²) in [6, 6.07) is 4.88. The Balaban J connectivity index is 1.77. The minimum absolute atomic E-state index is 0.0624. The summed E-state index contributed by atoms with van der Waals surface area (Å²) >= 11 is 5.83. The second kappa shape index (κ2) is 6.06. The van der Waals surface area contributed by atoms with Gasteiger partial charge in [-0.05, 0) is 49.8 Å². The van der Waals surface area contributed by atoms with E-state index in [0.717, 1.165) is 24.6 Å². The van der Waals surface area contributed by atoms with Gasteiger partial charge in [0, 0.05) is 10.9 Å². The van der Waals surface area contributed by atoms with E-state index in [-0.39, 0.29) is 5.75 Å². The van der Waals surface area contributed by atoms with Gasteiger partial charge in [-0.2, -0.15) is 4.98 Å². The molecule has 0 spiro atoms. The summed E-state index contributed by atoms with van der Waals surface area (Å²) in [5.74, 6) is 2.39. The third-order valence-corrected chi connectivity index (χ3v) is 4.66. The number of halogens is 1. The molecule has 4 nitrogen and oxygen atoms in total. The van der Waals surface area contributed by atoms with E-state index in [1.165, 1.54) is 25.3 Å². The van der Waals surface area contributed by atoms with Crippen molar-refractivity contribution in [1.82, 2.24) is 10.1 Å². The Morgan fingerprint density at radius 1 is 1.29 bits per heavy atom. The molecular formula is C16H19ClN2O2. The minimum atomic E-state index is 0.0624. The lowest BCUT2D eigenvalue weighted by Gasteiger charge is -2.25. The number of rotatable bonds is 3. The van der Waals surface area contributed by atoms with Crippen LogP contribution in [0.3, 0.4) is 0 Å². The number of aromatic hydroxyl groups is 1. The van der Waals surface area contributed by atoms with Crippen LogP contribution in [-0.2, 0) is 0 Å². The SMILES string of the molecule is CCC1CCC(c2noc(-c3ccc(Cl)cc3O)n2)CC1. The molecular weight excluding hydrogens is 288 g/mol. The molecule has 1 saturated carbocycles. The van der Waals surface area contributed by atoms with Crippen molar-refractivity contribution in [2.45, 2.75) is 44.9 Å². The van der Waals surface area contributed by atoms with Gasteiger partial charge in [-0.25, -0.2) is 0 Å². The maximum atomic E-state index is 9.92. The van der Waals surface area contributed by atoms with Gasteiger partial charge < -0.3 is 9.63 Å². The van der Waals surface area contributed by atoms with Gasteiger partial charge in [-0.3, -0.25) is 0 Å². The van der Waals surface area contributed by atoms with E-state index in [1.54, 1.807) is 12.1 Å². The van der Waals surface area contributed by atoms with Crippen molar-refractivity contribution < 1.29 is 9.63 Å². The Kier molecular flexibility index (Phi) is 4.15. The summed E-state index contributed by atoms with van der Waals surface area (Å²) in [7, 11) is 0. The summed E-state index contributed by atoms with van der Waals surface area (Å²) < 4.78 is 5.31. The first kappa shape index (κ1) is 14.4. The second-order valence-electron chi connectivity index (χ2n) is 5.75. The highest BCUT2D eigenvalue weighted by atomic mass is 35.5. The average Bonchev–Trinajstić information content (AvgIpc) is 2.97. The van der Waals surface area contributed by atoms with Gasteiger partial charge in [0.1, 0.15) is 5.75 Å². The van der Waals surface area contributed by atoms with Crippen molar-refractivity contribution in [2.24, 2.45) is 5.92 Å². The van der Waals surface area contributed by atoms with Crippen molar-refractivity contribution in [2.75, 3.05) is 0 Å². The standard InChI is InChI=1S/C16H19ClN2O2/c1-2-10-3-5-11(6-4-10)15-18-16(21-19-15)13-8-7-12(17)9-14(13)20/h7-11,20H,2-6H2,1H3. The normalized spacial score (nSPS) is 22.4. The predicted molar refractivity (Wildman–Crippen MR) is 81.4 cm³/mol. The Labute approximate surface area is 129 Å². The van der Waals surface area contributed by atoms with Crippen LogP contribution in [-0.4, -0.2) is 15.2 Å². The Morgan fingerprint density at radius 3 is 2.71 bits per heavy atom. The van der Waals surface area contributed by atoms with E-state index in [1.807, 2.05) is 0 Å². The summed E-state index contributed by atoms with van der Waals surface area (Å²) in [4.78, 5) is 4.46. The van der Waals surface area contributed by atoms with Crippen LogP contribution in [0, 0.1) is 5.92 Å². The molecule has 1 aromatic heterocycles. The highest BCUT2D eigenvalue weighted by Crippen LogP contribution is 2.37. The molecule has 0 bridgehead atoms. The van der Waals surface area contributed by atoms with Crippen LogP contribution >= 0.6 is 11.6 Å². The van der Waals surface area contributed by atoms with Gasteiger partial charge in [0.05, 0.1) is 5.56 Å². The third-order valence-electron chi connectivity index (χ3n) is 4.42. The Bertz CT molecular complexity index is 618. The lowest BCUT2D eigenvalue weighted by Crippen LogP contribution is -2.13. The molecule has 112 valence electrons. The molecule has 2 aromatic rings. The van der Waals surface area contributed by atoms with Crippen molar-refractivity contribution in [3.8, 4) is 17.2 Å². The number of phenols is 1. The first-order chi connectivity index (χ1) is 10.2. The molecule has 1 heterocycles. The average molecular weight is 307 g/mol. The molecule has 0 unspecified atom stereocenters. The lowest BCUT2D eigenvalue weighted by molar-refractivity contribution is 0.305. The van der Waals surface area contributed by atoms with Crippen molar-refractivity contribution in [1.29, 1.82) is 0 Å². The molecule has 0 atom stereocenters. The summed E-state index contributed by atoms with van der Waals surface area (Å²) in [6.07, 6.45) is 5.95. The van der Waals surface area contributed by atoms with Crippen LogP contribution in [0.4, 0.5) is 0 Å². The topological polar surface area (TPSA) is 59.2 Å². The second-order valence-corrected chi connectivity index (χ2v) is 6.18. The van der Waals surface area contributed by atoms with Crippen LogP contribution in [0.5, 0.6) is 5.75 Å². The van der Waals surface area contributed by atoms with E-state index in [2.05, 4.69) is 17.1 Å². The van der Waals surface area contributed by atoms with E-state index in [4.69, 9.17) is 16.1 Å². The molecule has 1 aliphatic rings. The highest BCUT2D eigenvalue weighted by molar-refractivity contribution is 6.30. The Morgan fingerprint density at radius 2 is 2.05 bits per heavy atom. The van der Waals surface area contributed by atoms with Gasteiger partial charge in [-0.15, -0.1) is 0 Å². The molecule has 0 amide bonds. The van der Waals surface area contributed by atoms with Crippen LogP contribution in [0.15, 0.2) is 22.7 Å². The molecule has 1 aliphatic carbocycles. The molecule has 0 saturated heterocycles. The van der Waals surface area contributed by atoms with Crippen molar-refractivity contribution >= 4 is 11.6 Å². The fourth-order valence-electron chi connectivity index (χ4n) is 3.02. The zero-order valence-electron chi connectivity index (χ0n) is 12.1. The van der Waals surface area contributed by atoms with E-state index in [9.17, 15) is 5.11 Å². The summed E-state index contributed by atoms with van der Waals surface area (Å²) in [5, 5.41) is 14.5. The number of benzene rings is 1. The van der Waals surface area contributed by atoms with Crippen molar-refractivity contribution in [3.05, 3.63) is 29.0 Å². The number of phenolic OH excluding ortho intramolecular Hbond substituents is 1. The molecule has 3 rings (SSSR count). The van der Waals surface area contributed by atoms with Crippen LogP contribution in [0.2, 0.25) is 5.02 Å². The number of hydrogen-bond donors (Lipinski definition) is 1. The Hall–Kier alpha value is -1.55. The van der Waals surface area contributed by atoms with Crippen LogP contribution < -0.4 is 0 Å².